The summed E-state index contributed by atoms with van der Waals surface area (Å²) in [6, 6.07) is 5.85. The minimum Gasteiger partial charge on any atom is -0.410 e. The smallest absolute Gasteiger partial charge is 0.410 e. The summed E-state index contributed by atoms with van der Waals surface area (Å²) in [5.41, 5.74) is 2.42. The molecule has 1 rings (SSSR count). The van der Waals surface area contributed by atoms with Crippen LogP contribution in [0.3, 0.4) is 0 Å². The van der Waals surface area contributed by atoms with E-state index in [1.54, 1.807) is 14.1 Å². The number of amides is 1. The quantitative estimate of drug-likeness (QED) is 0.783. The average Bonchev–Trinajstić information content (AvgIpc) is 2.37. The summed E-state index contributed by atoms with van der Waals surface area (Å²) in [5.74, 6) is 0.596. The molecule has 1 aromatic carbocycles. The number of benzene rings is 1. The third kappa shape index (κ3) is 3.47. The van der Waals surface area contributed by atoms with Gasteiger partial charge in [0.05, 0.1) is 20.1 Å². The number of aryl methyl sites for hydroxylation is 1. The number of carbonyl (C=O) groups is 1. The summed E-state index contributed by atoms with van der Waals surface area (Å²) in [7, 11) is 5.56. The van der Waals surface area contributed by atoms with Crippen molar-refractivity contribution in [3.63, 3.8) is 0 Å². The Hall–Kier alpha value is -1.55. The molecule has 0 fully saturated rings. The van der Waals surface area contributed by atoms with Crippen molar-refractivity contribution < 1.29 is 9.53 Å². The average molecular weight is 265 g/mol. The van der Waals surface area contributed by atoms with E-state index < -0.39 is 0 Å². The summed E-state index contributed by atoms with van der Waals surface area (Å²) < 4.78 is 6.15. The molecule has 0 spiro atoms. The molecule has 0 saturated carbocycles. The van der Waals surface area contributed by atoms with Crippen LogP contribution in [-0.4, -0.2) is 45.2 Å². The van der Waals surface area contributed by atoms with Gasteiger partial charge in [0.25, 0.3) is 0 Å². The number of hydrogen-bond acceptors (Lipinski definition) is 2. The van der Waals surface area contributed by atoms with E-state index in [-0.39, 0.29) is 6.09 Å². The van der Waals surface area contributed by atoms with Gasteiger partial charge in [0.2, 0.25) is 0 Å². The van der Waals surface area contributed by atoms with Gasteiger partial charge >= 0.3 is 6.09 Å². The molecule has 0 aliphatic heterocycles. The molecule has 4 nitrogen and oxygen atoms in total. The Morgan fingerprint density at radius 3 is 2.26 bits per heavy atom. The molecule has 4 heteroatoms. The lowest BCUT2D eigenvalue weighted by molar-refractivity contribution is 0.172. The molecule has 0 saturated heterocycles. The Kier molecular flexibility index (Phi) is 4.95. The highest BCUT2D eigenvalue weighted by molar-refractivity contribution is 5.70. The van der Waals surface area contributed by atoms with Crippen molar-refractivity contribution in [3.8, 4) is 5.75 Å². The van der Waals surface area contributed by atoms with Crippen molar-refractivity contribution in [2.45, 2.75) is 20.8 Å². The zero-order valence-corrected chi connectivity index (χ0v) is 12.9. The van der Waals surface area contributed by atoms with E-state index >= 15 is 0 Å². The van der Waals surface area contributed by atoms with Crippen molar-refractivity contribution in [2.24, 2.45) is 0 Å². The van der Waals surface area contributed by atoms with Crippen LogP contribution in [0.15, 0.2) is 18.2 Å². The third-order valence-electron chi connectivity index (χ3n) is 3.72. The number of quaternary nitrogens is 1. The molecule has 1 aromatic rings. The Labute approximate surface area is 116 Å². The van der Waals surface area contributed by atoms with E-state index in [0.717, 1.165) is 23.1 Å². The highest BCUT2D eigenvalue weighted by Crippen LogP contribution is 2.28. The lowest BCUT2D eigenvalue weighted by atomic mass is 10.1. The molecule has 0 aromatic heterocycles. The standard InChI is InChI=1S/C15H25N2O2/c1-7-17(6,8-2)14-10-9-13(11-12(14)3)19-15(18)16(4)5/h9-11H,7-8H2,1-6H3/q+1. The van der Waals surface area contributed by atoms with Crippen LogP contribution < -0.4 is 9.22 Å². The molecule has 0 bridgehead atoms. The second-order valence-corrected chi connectivity index (χ2v) is 5.24. The van der Waals surface area contributed by atoms with Crippen LogP contribution in [0.5, 0.6) is 5.75 Å². The van der Waals surface area contributed by atoms with Crippen LogP contribution in [0.25, 0.3) is 0 Å². The second-order valence-electron chi connectivity index (χ2n) is 5.24. The van der Waals surface area contributed by atoms with Crippen LogP contribution in [-0.2, 0) is 0 Å². The maximum absolute atomic E-state index is 11.5. The Bertz CT molecular complexity index is 451. The van der Waals surface area contributed by atoms with Crippen LogP contribution >= 0.6 is 0 Å². The van der Waals surface area contributed by atoms with Crippen LogP contribution in [0.2, 0.25) is 0 Å². The van der Waals surface area contributed by atoms with Crippen molar-refractivity contribution in [1.82, 2.24) is 9.38 Å². The molecular formula is C15H25N2O2+. The van der Waals surface area contributed by atoms with E-state index in [0.29, 0.717) is 5.75 Å². The lowest BCUT2D eigenvalue weighted by Crippen LogP contribution is -2.45. The van der Waals surface area contributed by atoms with Crippen molar-refractivity contribution in [2.75, 3.05) is 34.2 Å². The first kappa shape index (κ1) is 15.5. The molecule has 0 radical (unpaired) electrons. The molecular weight excluding hydrogens is 240 g/mol. The van der Waals surface area contributed by atoms with Crippen molar-refractivity contribution in [1.29, 1.82) is 0 Å². The molecule has 0 atom stereocenters. The Balaban J connectivity index is 3.01. The minimum absolute atomic E-state index is 0.351. The van der Waals surface area contributed by atoms with Gasteiger partial charge in [-0.2, -0.15) is 0 Å². The predicted molar refractivity (Wildman–Crippen MR) is 79.7 cm³/mol. The first-order valence-corrected chi connectivity index (χ1v) is 6.69. The maximum Gasteiger partial charge on any atom is 0.414 e. The molecule has 106 valence electrons. The molecule has 0 N–H and O–H groups in total. The first-order chi connectivity index (χ1) is 8.84. The predicted octanol–water partition coefficient (Wildman–Crippen LogP) is 3.03. The molecule has 19 heavy (non-hydrogen) atoms. The molecule has 0 heterocycles. The molecule has 0 aliphatic carbocycles. The molecule has 0 aliphatic rings. The second kappa shape index (κ2) is 6.06. The van der Waals surface area contributed by atoms with Crippen LogP contribution in [0.1, 0.15) is 19.4 Å². The summed E-state index contributed by atoms with van der Waals surface area (Å²) in [6.07, 6.45) is -0.351. The number of hydrogen-bond donors (Lipinski definition) is 0. The zero-order chi connectivity index (χ0) is 14.6. The first-order valence-electron chi connectivity index (χ1n) is 6.69. The van der Waals surface area contributed by atoms with Gasteiger partial charge in [-0.3, -0.25) is 4.48 Å². The zero-order valence-electron chi connectivity index (χ0n) is 12.9. The van der Waals surface area contributed by atoms with E-state index in [1.165, 1.54) is 10.6 Å². The van der Waals surface area contributed by atoms with Gasteiger partial charge in [-0.05, 0) is 32.9 Å². The van der Waals surface area contributed by atoms with E-state index in [9.17, 15) is 4.79 Å². The van der Waals surface area contributed by atoms with Gasteiger partial charge in [-0.1, -0.05) is 0 Å². The summed E-state index contributed by atoms with van der Waals surface area (Å²) >= 11 is 0. The fraction of sp³-hybridized carbons (Fsp3) is 0.533. The highest BCUT2D eigenvalue weighted by atomic mass is 16.6. The van der Waals surface area contributed by atoms with E-state index in [2.05, 4.69) is 33.9 Å². The molecule has 0 unspecified atom stereocenters. The normalized spacial score (nSPS) is 11.3. The number of nitrogens with zero attached hydrogens (tertiary/aromatic N) is 2. The Morgan fingerprint density at radius 1 is 1.26 bits per heavy atom. The lowest BCUT2D eigenvalue weighted by Gasteiger charge is -2.33. The summed E-state index contributed by atoms with van der Waals surface area (Å²) in [4.78, 5) is 12.9. The van der Waals surface area contributed by atoms with Crippen molar-refractivity contribution in [3.05, 3.63) is 23.8 Å². The monoisotopic (exact) mass is 265 g/mol. The van der Waals surface area contributed by atoms with Gasteiger partial charge in [-0.25, -0.2) is 4.79 Å². The van der Waals surface area contributed by atoms with Gasteiger partial charge in [-0.15, -0.1) is 0 Å². The topological polar surface area (TPSA) is 29.5 Å². The van der Waals surface area contributed by atoms with Gasteiger partial charge in [0.15, 0.2) is 0 Å². The fourth-order valence-corrected chi connectivity index (χ4v) is 2.05. The fourth-order valence-electron chi connectivity index (χ4n) is 2.05. The van der Waals surface area contributed by atoms with E-state index in [1.807, 2.05) is 12.1 Å². The van der Waals surface area contributed by atoms with Gasteiger partial charge < -0.3 is 9.64 Å². The summed E-state index contributed by atoms with van der Waals surface area (Å²) in [5, 5.41) is 0. The van der Waals surface area contributed by atoms with Crippen LogP contribution in [0.4, 0.5) is 10.5 Å². The maximum atomic E-state index is 11.5. The number of ether oxygens (including phenoxy) is 1. The van der Waals surface area contributed by atoms with Crippen LogP contribution in [0, 0.1) is 6.92 Å². The molecule has 1 amide bonds. The third-order valence-corrected chi connectivity index (χ3v) is 3.72. The number of rotatable bonds is 4. The minimum atomic E-state index is -0.351. The Morgan fingerprint density at radius 2 is 1.84 bits per heavy atom. The van der Waals surface area contributed by atoms with Gasteiger partial charge in [0.1, 0.15) is 11.4 Å². The number of carbonyl (C=O) groups excluding carboxylic acids is 1. The largest absolute Gasteiger partial charge is 0.414 e. The van der Waals surface area contributed by atoms with Crippen molar-refractivity contribution >= 4 is 11.8 Å². The van der Waals surface area contributed by atoms with E-state index in [4.69, 9.17) is 4.74 Å². The SMILES string of the molecule is CC[N+](C)(CC)c1ccc(OC(=O)N(C)C)cc1C. The highest BCUT2D eigenvalue weighted by Gasteiger charge is 2.23. The van der Waals surface area contributed by atoms with Gasteiger partial charge in [0, 0.05) is 25.7 Å². The summed E-state index contributed by atoms with van der Waals surface area (Å²) in [6.45, 7) is 8.50.